The molecular formula is C29H35N5O6. The Bertz CT molecular complexity index is 1260. The lowest BCUT2D eigenvalue weighted by Crippen LogP contribution is -2.56. The smallest absolute Gasteiger partial charge is 0.409 e. The summed E-state index contributed by atoms with van der Waals surface area (Å²) in [5.74, 6) is 1.20. The largest absolute Gasteiger partial charge is 0.460 e. The molecule has 2 heterocycles. The van der Waals surface area contributed by atoms with E-state index >= 15 is 0 Å². The molecule has 0 aliphatic carbocycles. The van der Waals surface area contributed by atoms with E-state index < -0.39 is 29.6 Å². The van der Waals surface area contributed by atoms with Crippen molar-refractivity contribution >= 4 is 23.9 Å². The molecule has 1 unspecified atom stereocenters. The first-order valence-electron chi connectivity index (χ1n) is 13.1. The van der Waals surface area contributed by atoms with Crippen molar-refractivity contribution in [2.45, 2.75) is 52.2 Å². The van der Waals surface area contributed by atoms with Crippen molar-refractivity contribution < 1.29 is 28.7 Å². The van der Waals surface area contributed by atoms with Crippen molar-refractivity contribution in [3.63, 3.8) is 0 Å². The molecule has 11 heteroatoms. The Hall–Kier alpha value is -4.46. The van der Waals surface area contributed by atoms with E-state index in [-0.39, 0.29) is 68.7 Å². The summed E-state index contributed by atoms with van der Waals surface area (Å²) in [6, 6.07) is 9.38. The third kappa shape index (κ3) is 8.53. The number of carbonyl (C=O) groups is 4. The highest BCUT2D eigenvalue weighted by atomic mass is 16.6. The van der Waals surface area contributed by atoms with Gasteiger partial charge in [0.15, 0.2) is 5.82 Å². The van der Waals surface area contributed by atoms with E-state index in [4.69, 9.17) is 15.9 Å². The zero-order chi connectivity index (χ0) is 29.3. The molecular weight excluding hydrogens is 514 g/mol. The number of amides is 3. The monoisotopic (exact) mass is 549 g/mol. The number of piperazine rings is 1. The van der Waals surface area contributed by atoms with Crippen molar-refractivity contribution in [2.24, 2.45) is 0 Å². The van der Waals surface area contributed by atoms with Crippen LogP contribution in [0.1, 0.15) is 56.7 Å². The zero-order valence-electron chi connectivity index (χ0n) is 23.3. The van der Waals surface area contributed by atoms with Crippen LogP contribution in [-0.2, 0) is 19.1 Å². The molecule has 1 aromatic heterocycles. The second-order valence-electron chi connectivity index (χ2n) is 10.1. The van der Waals surface area contributed by atoms with E-state index in [2.05, 4.69) is 21.2 Å². The highest BCUT2D eigenvalue weighted by Gasteiger charge is 2.32. The Morgan fingerprint density at radius 1 is 1.05 bits per heavy atom. The topological polar surface area (TPSA) is 131 Å². The summed E-state index contributed by atoms with van der Waals surface area (Å²) in [7, 11) is 0. The average Bonchev–Trinajstić information content (AvgIpc) is 2.94. The van der Waals surface area contributed by atoms with Crippen LogP contribution in [0.5, 0.6) is 0 Å². The zero-order valence-corrected chi connectivity index (χ0v) is 23.3. The summed E-state index contributed by atoms with van der Waals surface area (Å²) >= 11 is 0. The van der Waals surface area contributed by atoms with Crippen molar-refractivity contribution in [3.05, 3.63) is 47.8 Å². The van der Waals surface area contributed by atoms with Gasteiger partial charge >= 0.3 is 12.1 Å². The summed E-state index contributed by atoms with van der Waals surface area (Å²) in [5, 5.41) is 2.73. The van der Waals surface area contributed by atoms with E-state index in [1.54, 1.807) is 44.7 Å². The van der Waals surface area contributed by atoms with Gasteiger partial charge in [-0.15, -0.1) is 6.42 Å². The Morgan fingerprint density at radius 3 is 2.30 bits per heavy atom. The molecule has 1 fully saturated rings. The minimum Gasteiger partial charge on any atom is -0.460 e. The molecule has 40 heavy (non-hydrogen) atoms. The number of hydrogen-bond donors (Lipinski definition) is 1. The van der Waals surface area contributed by atoms with Gasteiger partial charge < -0.3 is 24.6 Å². The van der Waals surface area contributed by atoms with Crippen molar-refractivity contribution in [1.29, 1.82) is 0 Å². The van der Waals surface area contributed by atoms with Crippen LogP contribution in [0, 0.1) is 12.3 Å². The summed E-state index contributed by atoms with van der Waals surface area (Å²) < 4.78 is 10.4. The number of aromatic nitrogens is 2. The van der Waals surface area contributed by atoms with E-state index in [0.29, 0.717) is 5.56 Å². The standard InChI is InChI=1S/C29H35N5O6/c1-6-21-19-23(31-25(30-21)20-11-9-8-10-12-20)26(36)32-22(13-14-24(35)40-29(3,4)5)27(37)33-15-17-34(18-16-33)28(38)39-7-2/h1,8-12,19,22H,7,13-18H2,2-5H3,(H,32,36). The van der Waals surface area contributed by atoms with Crippen LogP contribution in [0.25, 0.3) is 11.4 Å². The van der Waals surface area contributed by atoms with Crippen LogP contribution in [0.15, 0.2) is 36.4 Å². The maximum absolute atomic E-state index is 13.5. The molecule has 0 spiro atoms. The van der Waals surface area contributed by atoms with Crippen LogP contribution in [0.4, 0.5) is 4.79 Å². The fraction of sp³-hybridized carbons (Fsp3) is 0.448. The Kier molecular flexibility index (Phi) is 10.2. The van der Waals surface area contributed by atoms with Gasteiger partial charge in [-0.1, -0.05) is 36.3 Å². The van der Waals surface area contributed by atoms with Crippen LogP contribution < -0.4 is 5.32 Å². The molecule has 1 saturated heterocycles. The first kappa shape index (κ1) is 30.1. The van der Waals surface area contributed by atoms with Gasteiger partial charge in [-0.25, -0.2) is 14.8 Å². The molecule has 1 aliphatic rings. The summed E-state index contributed by atoms with van der Waals surface area (Å²) in [6.07, 6.45) is 5.05. The molecule has 3 rings (SSSR count). The Labute approximate surface area is 234 Å². The number of benzene rings is 1. The number of rotatable bonds is 8. The van der Waals surface area contributed by atoms with Gasteiger partial charge in [0.1, 0.15) is 23.0 Å². The Balaban J connectivity index is 1.79. The third-order valence-corrected chi connectivity index (χ3v) is 5.92. The Morgan fingerprint density at radius 2 is 1.70 bits per heavy atom. The molecule has 1 aromatic carbocycles. The number of nitrogens with one attached hydrogen (secondary N) is 1. The summed E-state index contributed by atoms with van der Waals surface area (Å²) in [6.45, 7) is 8.31. The first-order chi connectivity index (χ1) is 19.0. The van der Waals surface area contributed by atoms with Crippen molar-refractivity contribution in [3.8, 4) is 23.7 Å². The van der Waals surface area contributed by atoms with E-state index in [1.165, 1.54) is 11.0 Å². The minimum atomic E-state index is -1.04. The fourth-order valence-corrected chi connectivity index (χ4v) is 4.04. The maximum atomic E-state index is 13.5. The van der Waals surface area contributed by atoms with Crippen LogP contribution in [0.3, 0.4) is 0 Å². The van der Waals surface area contributed by atoms with Crippen LogP contribution in [-0.4, -0.2) is 88.1 Å². The van der Waals surface area contributed by atoms with Crippen molar-refractivity contribution in [1.82, 2.24) is 25.1 Å². The molecule has 3 amide bonds. The number of ether oxygens (including phenoxy) is 2. The lowest BCUT2D eigenvalue weighted by Gasteiger charge is -2.36. The van der Waals surface area contributed by atoms with E-state index in [1.807, 2.05) is 18.2 Å². The van der Waals surface area contributed by atoms with Crippen LogP contribution in [0.2, 0.25) is 0 Å². The van der Waals surface area contributed by atoms with Crippen LogP contribution >= 0.6 is 0 Å². The molecule has 0 radical (unpaired) electrons. The van der Waals surface area contributed by atoms with Gasteiger partial charge in [0.05, 0.1) is 6.61 Å². The van der Waals surface area contributed by atoms with E-state index in [9.17, 15) is 19.2 Å². The van der Waals surface area contributed by atoms with Gasteiger partial charge in [0, 0.05) is 44.2 Å². The number of esters is 1. The van der Waals surface area contributed by atoms with Gasteiger partial charge in [0.2, 0.25) is 5.91 Å². The quantitative estimate of drug-likeness (QED) is 0.393. The SMILES string of the molecule is C#Cc1cc(C(=O)NC(CCC(=O)OC(C)(C)C)C(=O)N2CCN(C(=O)OCC)CC2)nc(-c2ccccc2)n1. The highest BCUT2D eigenvalue weighted by Crippen LogP contribution is 2.17. The minimum absolute atomic E-state index is 0.0101. The highest BCUT2D eigenvalue weighted by molar-refractivity contribution is 5.96. The predicted molar refractivity (Wildman–Crippen MR) is 147 cm³/mol. The third-order valence-electron chi connectivity index (χ3n) is 5.92. The van der Waals surface area contributed by atoms with Gasteiger partial charge in [-0.05, 0) is 34.1 Å². The van der Waals surface area contributed by atoms with Gasteiger partial charge in [-0.2, -0.15) is 0 Å². The second kappa shape index (κ2) is 13.6. The molecule has 1 aliphatic heterocycles. The number of terminal acetylenes is 1. The molecule has 0 bridgehead atoms. The lowest BCUT2D eigenvalue weighted by atomic mass is 10.1. The van der Waals surface area contributed by atoms with Gasteiger partial charge in [-0.3, -0.25) is 14.4 Å². The molecule has 1 atom stereocenters. The number of carbonyl (C=O) groups excluding carboxylic acids is 4. The number of hydrogen-bond acceptors (Lipinski definition) is 8. The summed E-state index contributed by atoms with van der Waals surface area (Å²) in [4.78, 5) is 63.1. The molecule has 1 N–H and O–H groups in total. The normalized spacial score (nSPS) is 14.1. The maximum Gasteiger partial charge on any atom is 0.409 e. The second-order valence-corrected chi connectivity index (χ2v) is 10.1. The lowest BCUT2D eigenvalue weighted by molar-refractivity contribution is -0.155. The predicted octanol–water partition coefficient (Wildman–Crippen LogP) is 2.65. The molecule has 11 nitrogen and oxygen atoms in total. The molecule has 212 valence electrons. The van der Waals surface area contributed by atoms with Crippen molar-refractivity contribution in [2.75, 3.05) is 32.8 Å². The number of nitrogens with zero attached hydrogens (tertiary/aromatic N) is 4. The summed E-state index contributed by atoms with van der Waals surface area (Å²) in [5.41, 5.74) is 0.185. The molecule has 0 saturated carbocycles. The first-order valence-corrected chi connectivity index (χ1v) is 13.1. The molecule has 2 aromatic rings. The average molecular weight is 550 g/mol. The van der Waals surface area contributed by atoms with E-state index in [0.717, 1.165) is 0 Å². The van der Waals surface area contributed by atoms with Gasteiger partial charge in [0.25, 0.3) is 5.91 Å². The fourth-order valence-electron chi connectivity index (χ4n) is 4.04.